The molecule has 0 aliphatic heterocycles. The Balaban J connectivity index is 1.91. The van der Waals surface area contributed by atoms with Gasteiger partial charge in [-0.2, -0.15) is 0 Å². The normalized spacial score (nSPS) is 15.9. The van der Waals surface area contributed by atoms with Crippen LogP contribution in [0, 0.1) is 3.57 Å². The van der Waals surface area contributed by atoms with Gasteiger partial charge in [0.15, 0.2) is 0 Å². The number of benzene rings is 2. The van der Waals surface area contributed by atoms with Crippen molar-refractivity contribution in [2.75, 3.05) is 0 Å². The standard InChI is InChI=1S/C17H18IN/c18-16-9-7-13(8-10-16)17(19)15-6-5-12-3-1-2-4-14(12)11-15/h5-11,17H,1-4,19H2. The first-order chi connectivity index (χ1) is 9.24. The molecule has 1 aliphatic rings. The number of fused-ring (bicyclic) bond motifs is 1. The zero-order valence-corrected chi connectivity index (χ0v) is 13.1. The van der Waals surface area contributed by atoms with E-state index in [2.05, 4.69) is 65.1 Å². The summed E-state index contributed by atoms with van der Waals surface area (Å²) >= 11 is 2.32. The van der Waals surface area contributed by atoms with Gasteiger partial charge in [0.2, 0.25) is 0 Å². The van der Waals surface area contributed by atoms with Crippen LogP contribution in [-0.2, 0) is 12.8 Å². The summed E-state index contributed by atoms with van der Waals surface area (Å²) in [5, 5.41) is 0. The van der Waals surface area contributed by atoms with Crippen LogP contribution >= 0.6 is 22.6 Å². The van der Waals surface area contributed by atoms with Gasteiger partial charge in [-0.1, -0.05) is 30.3 Å². The van der Waals surface area contributed by atoms with Crippen molar-refractivity contribution in [2.24, 2.45) is 5.73 Å². The van der Waals surface area contributed by atoms with Crippen LogP contribution in [0.3, 0.4) is 0 Å². The third-order valence-corrected chi connectivity index (χ3v) is 4.68. The Kier molecular flexibility index (Phi) is 3.89. The lowest BCUT2D eigenvalue weighted by Gasteiger charge is -2.19. The van der Waals surface area contributed by atoms with Gasteiger partial charge in [-0.25, -0.2) is 0 Å². The second-order valence-corrected chi connectivity index (χ2v) is 6.51. The summed E-state index contributed by atoms with van der Waals surface area (Å²) in [7, 11) is 0. The Bertz CT molecular complexity index is 574. The number of hydrogen-bond donors (Lipinski definition) is 1. The smallest absolute Gasteiger partial charge is 0.0551 e. The maximum atomic E-state index is 6.40. The van der Waals surface area contributed by atoms with Crippen LogP contribution in [-0.4, -0.2) is 0 Å². The first kappa shape index (κ1) is 13.1. The fraction of sp³-hybridized carbons (Fsp3) is 0.294. The molecule has 0 saturated heterocycles. The summed E-state index contributed by atoms with van der Waals surface area (Å²) in [6.07, 6.45) is 5.09. The number of aryl methyl sites for hydroxylation is 2. The van der Waals surface area contributed by atoms with Crippen LogP contribution in [0.2, 0.25) is 0 Å². The fourth-order valence-electron chi connectivity index (χ4n) is 2.81. The third kappa shape index (κ3) is 2.84. The number of halogens is 1. The molecule has 2 N–H and O–H groups in total. The largest absolute Gasteiger partial charge is 0.320 e. The van der Waals surface area contributed by atoms with Gasteiger partial charge in [-0.3, -0.25) is 0 Å². The molecule has 2 aromatic carbocycles. The van der Waals surface area contributed by atoms with Crippen molar-refractivity contribution in [1.29, 1.82) is 0 Å². The SMILES string of the molecule is NC(c1ccc(I)cc1)c1ccc2c(c1)CCCC2. The topological polar surface area (TPSA) is 26.0 Å². The Labute approximate surface area is 128 Å². The van der Waals surface area contributed by atoms with Gasteiger partial charge in [0.1, 0.15) is 0 Å². The highest BCUT2D eigenvalue weighted by Crippen LogP contribution is 2.27. The molecular formula is C17H18IN. The van der Waals surface area contributed by atoms with E-state index in [0.717, 1.165) is 0 Å². The predicted molar refractivity (Wildman–Crippen MR) is 88.3 cm³/mol. The van der Waals surface area contributed by atoms with Crippen molar-refractivity contribution >= 4 is 22.6 Å². The van der Waals surface area contributed by atoms with E-state index >= 15 is 0 Å². The first-order valence-corrected chi connectivity index (χ1v) is 7.94. The average Bonchev–Trinajstić information content (AvgIpc) is 2.47. The summed E-state index contributed by atoms with van der Waals surface area (Å²) in [5.41, 5.74) is 11.8. The van der Waals surface area contributed by atoms with Crippen molar-refractivity contribution in [3.05, 3.63) is 68.3 Å². The number of hydrogen-bond acceptors (Lipinski definition) is 1. The molecule has 3 rings (SSSR count). The minimum absolute atomic E-state index is 0.00998. The van der Waals surface area contributed by atoms with Gasteiger partial charge >= 0.3 is 0 Å². The Hall–Kier alpha value is -0.870. The Morgan fingerprint density at radius 1 is 0.842 bits per heavy atom. The predicted octanol–water partition coefficient (Wildman–Crippen LogP) is 4.22. The maximum absolute atomic E-state index is 6.40. The molecule has 0 aromatic heterocycles. The van der Waals surface area contributed by atoms with Gasteiger partial charge in [-0.05, 0) is 82.7 Å². The lowest BCUT2D eigenvalue weighted by molar-refractivity contribution is 0.682. The van der Waals surface area contributed by atoms with E-state index in [1.807, 2.05) is 0 Å². The van der Waals surface area contributed by atoms with Gasteiger partial charge in [0.05, 0.1) is 6.04 Å². The molecular weight excluding hydrogens is 345 g/mol. The molecule has 1 unspecified atom stereocenters. The molecule has 2 heteroatoms. The lowest BCUT2D eigenvalue weighted by Crippen LogP contribution is -2.13. The van der Waals surface area contributed by atoms with Gasteiger partial charge in [0.25, 0.3) is 0 Å². The summed E-state index contributed by atoms with van der Waals surface area (Å²) in [4.78, 5) is 0. The van der Waals surface area contributed by atoms with E-state index in [9.17, 15) is 0 Å². The van der Waals surface area contributed by atoms with Crippen molar-refractivity contribution in [1.82, 2.24) is 0 Å². The van der Waals surface area contributed by atoms with Crippen LogP contribution in [0.5, 0.6) is 0 Å². The van der Waals surface area contributed by atoms with Crippen molar-refractivity contribution in [3.63, 3.8) is 0 Å². The van der Waals surface area contributed by atoms with Crippen molar-refractivity contribution < 1.29 is 0 Å². The first-order valence-electron chi connectivity index (χ1n) is 6.87. The van der Waals surface area contributed by atoms with E-state index in [0.29, 0.717) is 0 Å². The van der Waals surface area contributed by atoms with Gasteiger partial charge in [-0.15, -0.1) is 0 Å². The zero-order chi connectivity index (χ0) is 13.2. The molecule has 2 aromatic rings. The Morgan fingerprint density at radius 3 is 2.21 bits per heavy atom. The molecule has 19 heavy (non-hydrogen) atoms. The van der Waals surface area contributed by atoms with Gasteiger partial charge < -0.3 is 5.73 Å². The second-order valence-electron chi connectivity index (χ2n) is 5.26. The molecule has 1 aliphatic carbocycles. The lowest BCUT2D eigenvalue weighted by atomic mass is 9.88. The molecule has 0 saturated carbocycles. The number of rotatable bonds is 2. The zero-order valence-electron chi connectivity index (χ0n) is 10.9. The van der Waals surface area contributed by atoms with Crippen LogP contribution in [0.1, 0.15) is 41.1 Å². The molecule has 1 atom stereocenters. The quantitative estimate of drug-likeness (QED) is 0.795. The van der Waals surface area contributed by atoms with E-state index in [1.165, 1.54) is 51.5 Å². The van der Waals surface area contributed by atoms with E-state index in [4.69, 9.17) is 5.73 Å². The summed E-state index contributed by atoms with van der Waals surface area (Å²) in [6.45, 7) is 0. The number of nitrogens with two attached hydrogens (primary N) is 1. The summed E-state index contributed by atoms with van der Waals surface area (Å²) in [5.74, 6) is 0. The second kappa shape index (κ2) is 5.63. The summed E-state index contributed by atoms with van der Waals surface area (Å²) in [6, 6.07) is 15.3. The van der Waals surface area contributed by atoms with Crippen molar-refractivity contribution in [3.8, 4) is 0 Å². The molecule has 98 valence electrons. The molecule has 0 amide bonds. The van der Waals surface area contributed by atoms with Crippen LogP contribution in [0.15, 0.2) is 42.5 Å². The minimum atomic E-state index is -0.00998. The monoisotopic (exact) mass is 363 g/mol. The van der Waals surface area contributed by atoms with E-state index in [1.54, 1.807) is 0 Å². The highest BCUT2D eigenvalue weighted by atomic mass is 127. The highest BCUT2D eigenvalue weighted by Gasteiger charge is 2.13. The van der Waals surface area contributed by atoms with Crippen LogP contribution < -0.4 is 5.73 Å². The van der Waals surface area contributed by atoms with Gasteiger partial charge in [0, 0.05) is 3.57 Å². The van der Waals surface area contributed by atoms with Crippen LogP contribution in [0.4, 0.5) is 0 Å². The third-order valence-electron chi connectivity index (χ3n) is 3.96. The average molecular weight is 363 g/mol. The molecule has 1 nitrogen and oxygen atoms in total. The fourth-order valence-corrected chi connectivity index (χ4v) is 3.17. The Morgan fingerprint density at radius 2 is 1.47 bits per heavy atom. The van der Waals surface area contributed by atoms with E-state index in [-0.39, 0.29) is 6.04 Å². The minimum Gasteiger partial charge on any atom is -0.320 e. The molecule has 0 spiro atoms. The van der Waals surface area contributed by atoms with E-state index < -0.39 is 0 Å². The summed E-state index contributed by atoms with van der Waals surface area (Å²) < 4.78 is 1.25. The molecule has 0 radical (unpaired) electrons. The molecule has 0 bridgehead atoms. The van der Waals surface area contributed by atoms with Crippen molar-refractivity contribution in [2.45, 2.75) is 31.7 Å². The molecule has 0 heterocycles. The van der Waals surface area contributed by atoms with Crippen LogP contribution in [0.25, 0.3) is 0 Å². The molecule has 0 fully saturated rings. The highest BCUT2D eigenvalue weighted by molar-refractivity contribution is 14.1. The maximum Gasteiger partial charge on any atom is 0.0551 e.